The van der Waals surface area contributed by atoms with Crippen LogP contribution in [0.5, 0.6) is 5.75 Å². The van der Waals surface area contributed by atoms with E-state index >= 15 is 0 Å². The van der Waals surface area contributed by atoms with Crippen molar-refractivity contribution in [2.24, 2.45) is 5.73 Å². The number of amides is 2. The molecule has 3 aromatic carbocycles. The number of primary amides is 1. The van der Waals surface area contributed by atoms with E-state index in [0.717, 1.165) is 33.7 Å². The molecule has 0 bridgehead atoms. The predicted molar refractivity (Wildman–Crippen MR) is 171 cm³/mol. The fourth-order valence-electron chi connectivity index (χ4n) is 5.45. The zero-order valence-electron chi connectivity index (χ0n) is 23.7. The summed E-state index contributed by atoms with van der Waals surface area (Å²) >= 11 is 7.61. The molecule has 44 heavy (non-hydrogen) atoms. The van der Waals surface area contributed by atoms with Gasteiger partial charge in [-0.1, -0.05) is 60.1 Å². The van der Waals surface area contributed by atoms with Gasteiger partial charge < -0.3 is 26.1 Å². The maximum absolute atomic E-state index is 13.5. The van der Waals surface area contributed by atoms with E-state index in [2.05, 4.69) is 49.9 Å². The number of H-pyrrole nitrogens is 1. The summed E-state index contributed by atoms with van der Waals surface area (Å²) in [7, 11) is 0. The SMILES string of the molecule is NC(=O)[C@H](Cc1ccc(Cl)cc1)NC(=O)c1cccc2c1OCCC2NC(Cc1ccc(-c2cncs2)cc1)c1cnc[nH]1. The first kappa shape index (κ1) is 29.6. The van der Waals surface area contributed by atoms with Gasteiger partial charge in [-0.15, -0.1) is 11.3 Å². The molecular formula is C33H31ClN6O3S. The van der Waals surface area contributed by atoms with E-state index in [-0.39, 0.29) is 18.5 Å². The molecule has 5 aromatic rings. The smallest absolute Gasteiger partial charge is 0.255 e. The maximum Gasteiger partial charge on any atom is 0.255 e. The zero-order valence-corrected chi connectivity index (χ0v) is 25.3. The van der Waals surface area contributed by atoms with Crippen LogP contribution >= 0.6 is 22.9 Å². The Morgan fingerprint density at radius 1 is 1.02 bits per heavy atom. The van der Waals surface area contributed by atoms with Crippen molar-refractivity contribution >= 4 is 34.8 Å². The van der Waals surface area contributed by atoms with Crippen molar-refractivity contribution < 1.29 is 14.3 Å². The molecular weight excluding hydrogens is 596 g/mol. The summed E-state index contributed by atoms with van der Waals surface area (Å²) in [5.41, 5.74) is 12.8. The quantitative estimate of drug-likeness (QED) is 0.155. The fraction of sp³-hybridized carbons (Fsp3) is 0.212. The Hall–Kier alpha value is -4.51. The molecule has 1 aliphatic rings. The summed E-state index contributed by atoms with van der Waals surface area (Å²) in [4.78, 5) is 38.6. The van der Waals surface area contributed by atoms with Gasteiger partial charge in [0.25, 0.3) is 5.91 Å². The predicted octanol–water partition coefficient (Wildman–Crippen LogP) is 5.41. The lowest BCUT2D eigenvalue weighted by molar-refractivity contribution is -0.119. The van der Waals surface area contributed by atoms with Crippen LogP contribution in [0.15, 0.2) is 91.0 Å². The van der Waals surface area contributed by atoms with E-state index in [1.54, 1.807) is 48.0 Å². The molecule has 3 atom stereocenters. The van der Waals surface area contributed by atoms with Gasteiger partial charge in [0.1, 0.15) is 11.8 Å². The number of para-hydroxylation sites is 1. The number of aromatic nitrogens is 3. The first-order valence-electron chi connectivity index (χ1n) is 14.3. The van der Waals surface area contributed by atoms with Crippen LogP contribution in [0.25, 0.3) is 10.4 Å². The third kappa shape index (κ3) is 6.83. The minimum atomic E-state index is -0.899. The van der Waals surface area contributed by atoms with Gasteiger partial charge in [-0.25, -0.2) is 4.98 Å². The van der Waals surface area contributed by atoms with Gasteiger partial charge >= 0.3 is 0 Å². The number of aromatic amines is 1. The van der Waals surface area contributed by atoms with Crippen molar-refractivity contribution in [3.8, 4) is 16.2 Å². The number of imidazole rings is 1. The topological polar surface area (TPSA) is 135 Å². The summed E-state index contributed by atoms with van der Waals surface area (Å²) < 4.78 is 6.06. The van der Waals surface area contributed by atoms with Gasteiger partial charge in [-0.05, 0) is 41.3 Å². The van der Waals surface area contributed by atoms with Crippen LogP contribution in [0.4, 0.5) is 0 Å². The van der Waals surface area contributed by atoms with Crippen molar-refractivity contribution in [3.05, 3.63) is 124 Å². The number of benzene rings is 3. The summed E-state index contributed by atoms with van der Waals surface area (Å²) in [5, 5.41) is 7.19. The minimum absolute atomic E-state index is 0.0706. The molecule has 1 aliphatic heterocycles. The van der Waals surface area contributed by atoms with Crippen LogP contribution in [0, 0.1) is 0 Å². The minimum Gasteiger partial charge on any atom is -0.492 e. The number of thiazole rings is 1. The molecule has 224 valence electrons. The standard InChI is InChI=1S/C33H31ClN6O3S/c34-23-10-6-21(7-11-23)15-28(32(35)41)40-33(42)25-3-1-2-24-26(12-13-43-31(24)25)39-27(29-16-36-18-38-29)14-20-4-8-22(9-5-20)30-17-37-19-44-30/h1-11,16-19,26-28,39H,12-15H2,(H2,35,41)(H,36,38)(H,40,42)/t26?,27?,28-/m0/s1. The van der Waals surface area contributed by atoms with Crippen LogP contribution in [0.3, 0.4) is 0 Å². The second-order valence-electron chi connectivity index (χ2n) is 10.7. The van der Waals surface area contributed by atoms with Gasteiger partial charge in [0.05, 0.1) is 40.6 Å². The molecule has 5 N–H and O–H groups in total. The molecule has 2 aromatic heterocycles. The summed E-state index contributed by atoms with van der Waals surface area (Å²) in [5.74, 6) is -0.548. The highest BCUT2D eigenvalue weighted by Crippen LogP contribution is 2.37. The molecule has 3 heterocycles. The molecule has 9 nitrogen and oxygen atoms in total. The Bertz CT molecular complexity index is 1710. The molecule has 11 heteroatoms. The van der Waals surface area contributed by atoms with Crippen molar-refractivity contribution in [2.45, 2.75) is 37.4 Å². The first-order chi connectivity index (χ1) is 21.4. The number of rotatable bonds is 11. The monoisotopic (exact) mass is 626 g/mol. The molecule has 0 radical (unpaired) electrons. The molecule has 2 unspecified atom stereocenters. The number of fused-ring (bicyclic) bond motifs is 1. The van der Waals surface area contributed by atoms with Crippen molar-refractivity contribution in [2.75, 3.05) is 6.61 Å². The molecule has 2 amide bonds. The Morgan fingerprint density at radius 2 is 1.80 bits per heavy atom. The van der Waals surface area contributed by atoms with E-state index in [9.17, 15) is 9.59 Å². The van der Waals surface area contributed by atoms with Gasteiger partial charge in [0, 0.05) is 41.9 Å². The van der Waals surface area contributed by atoms with E-state index in [1.165, 1.54) is 5.56 Å². The number of carbonyl (C=O) groups excluding carboxylic acids is 2. The van der Waals surface area contributed by atoms with Gasteiger partial charge in [0.2, 0.25) is 5.91 Å². The zero-order chi connectivity index (χ0) is 30.5. The maximum atomic E-state index is 13.5. The normalized spacial score (nSPS) is 15.5. The summed E-state index contributed by atoms with van der Waals surface area (Å²) in [6, 6.07) is 20.0. The number of carbonyl (C=O) groups is 2. The van der Waals surface area contributed by atoms with Gasteiger partial charge in [0.15, 0.2) is 0 Å². The van der Waals surface area contributed by atoms with Crippen LogP contribution in [0.1, 0.15) is 51.2 Å². The second kappa shape index (κ2) is 13.4. The Balaban J connectivity index is 1.20. The molecule has 0 saturated heterocycles. The van der Waals surface area contributed by atoms with Crippen LogP contribution < -0.4 is 21.1 Å². The third-order valence-electron chi connectivity index (χ3n) is 7.73. The number of nitrogens with two attached hydrogens (primary N) is 1. The molecule has 0 aliphatic carbocycles. The number of nitrogens with one attached hydrogen (secondary N) is 3. The number of hydrogen-bond acceptors (Lipinski definition) is 7. The van der Waals surface area contributed by atoms with Crippen LogP contribution in [-0.4, -0.2) is 39.4 Å². The number of ether oxygens (including phenoxy) is 1. The lowest BCUT2D eigenvalue weighted by atomic mass is 9.94. The molecule has 6 rings (SSSR count). The second-order valence-corrected chi connectivity index (χ2v) is 12.0. The Morgan fingerprint density at radius 3 is 2.50 bits per heavy atom. The van der Waals surface area contributed by atoms with E-state index in [4.69, 9.17) is 22.1 Å². The highest BCUT2D eigenvalue weighted by Gasteiger charge is 2.30. The highest BCUT2D eigenvalue weighted by atomic mass is 35.5. The Labute approximate surface area is 263 Å². The third-order valence-corrected chi connectivity index (χ3v) is 8.80. The first-order valence-corrected chi connectivity index (χ1v) is 15.5. The lowest BCUT2D eigenvalue weighted by Gasteiger charge is -2.31. The Kier molecular flexibility index (Phi) is 9.02. The average Bonchev–Trinajstić information content (AvgIpc) is 3.77. The lowest BCUT2D eigenvalue weighted by Crippen LogP contribution is -2.46. The number of halogens is 1. The van der Waals surface area contributed by atoms with Gasteiger partial charge in [-0.2, -0.15) is 0 Å². The summed E-state index contributed by atoms with van der Waals surface area (Å²) in [6.45, 7) is 0.429. The molecule has 0 fully saturated rings. The van der Waals surface area contributed by atoms with Crippen molar-refractivity contribution in [3.63, 3.8) is 0 Å². The van der Waals surface area contributed by atoms with Crippen LogP contribution in [0.2, 0.25) is 5.02 Å². The van der Waals surface area contributed by atoms with E-state index < -0.39 is 17.9 Å². The van der Waals surface area contributed by atoms with Crippen molar-refractivity contribution in [1.82, 2.24) is 25.6 Å². The van der Waals surface area contributed by atoms with E-state index in [1.807, 2.05) is 30.0 Å². The van der Waals surface area contributed by atoms with Crippen LogP contribution in [-0.2, 0) is 17.6 Å². The van der Waals surface area contributed by atoms with Crippen molar-refractivity contribution in [1.29, 1.82) is 0 Å². The fourth-order valence-corrected chi connectivity index (χ4v) is 6.20. The molecule has 0 saturated carbocycles. The largest absolute Gasteiger partial charge is 0.492 e. The summed E-state index contributed by atoms with van der Waals surface area (Å²) in [6.07, 6.45) is 7.07. The highest BCUT2D eigenvalue weighted by molar-refractivity contribution is 7.13. The molecule has 0 spiro atoms. The average molecular weight is 627 g/mol. The van der Waals surface area contributed by atoms with Gasteiger partial charge in [-0.3, -0.25) is 14.6 Å². The number of nitrogens with zero attached hydrogens (tertiary/aromatic N) is 2. The number of hydrogen-bond donors (Lipinski definition) is 4. The van der Waals surface area contributed by atoms with E-state index in [0.29, 0.717) is 29.4 Å².